The molecule has 1 amide bonds. The van der Waals surface area contributed by atoms with Crippen LogP contribution in [0.5, 0.6) is 5.75 Å². The van der Waals surface area contributed by atoms with Crippen LogP contribution in [0.1, 0.15) is 37.9 Å². The van der Waals surface area contributed by atoms with Gasteiger partial charge in [-0.3, -0.25) is 14.2 Å². The minimum absolute atomic E-state index is 0.0637. The smallest absolute Gasteiger partial charge is 0.220 e. The van der Waals surface area contributed by atoms with Crippen LogP contribution in [0.25, 0.3) is 22.0 Å². The van der Waals surface area contributed by atoms with Crippen molar-refractivity contribution >= 4 is 16.8 Å². The second-order valence-corrected chi connectivity index (χ2v) is 8.11. The highest BCUT2D eigenvalue weighted by atomic mass is 16.5. The summed E-state index contributed by atoms with van der Waals surface area (Å²) in [5.74, 6) is 1.11. The number of carbonyl (C=O) groups excluding carboxylic acids is 1. The molecule has 5 rings (SSSR count). The van der Waals surface area contributed by atoms with Crippen molar-refractivity contribution in [3.8, 4) is 16.9 Å². The third kappa shape index (κ3) is 2.95. The molecule has 28 heavy (non-hydrogen) atoms. The van der Waals surface area contributed by atoms with Crippen molar-refractivity contribution in [2.75, 3.05) is 6.54 Å². The SMILES string of the molecule is Cc1c2c(O[C@H](C)[C@H]3CNC(=O)C3)cc(-c3cnn(C4CC4)c3)cc2nn1C. The zero-order valence-electron chi connectivity index (χ0n) is 16.5. The first-order valence-electron chi connectivity index (χ1n) is 9.95. The third-order valence-corrected chi connectivity index (χ3v) is 6.03. The Kier molecular flexibility index (Phi) is 3.92. The number of benzene rings is 1. The first kappa shape index (κ1) is 17.3. The lowest BCUT2D eigenvalue weighted by molar-refractivity contribution is -0.119. The summed E-state index contributed by atoms with van der Waals surface area (Å²) in [6.07, 6.45) is 6.90. The van der Waals surface area contributed by atoms with Gasteiger partial charge in [-0.2, -0.15) is 10.2 Å². The van der Waals surface area contributed by atoms with Crippen LogP contribution in [-0.2, 0) is 11.8 Å². The molecule has 2 aliphatic rings. The zero-order valence-corrected chi connectivity index (χ0v) is 16.5. The van der Waals surface area contributed by atoms with Crippen molar-refractivity contribution in [3.05, 3.63) is 30.2 Å². The van der Waals surface area contributed by atoms with Gasteiger partial charge in [-0.25, -0.2) is 0 Å². The molecule has 1 saturated carbocycles. The average molecular weight is 379 g/mol. The standard InChI is InChI=1S/C21H25N5O2/c1-12-21-18(24-25(12)3)6-14(16-10-23-26(11-16)17-4-5-17)7-19(21)28-13(2)15-8-20(27)22-9-15/h6-7,10-11,13,15,17H,4-5,8-9H2,1-3H3,(H,22,27)/t13-,15-/m1/s1. The molecule has 1 N–H and O–H groups in total. The highest BCUT2D eigenvalue weighted by Gasteiger charge is 2.29. The number of ether oxygens (including phenoxy) is 1. The molecule has 0 spiro atoms. The second kappa shape index (κ2) is 6.36. The summed E-state index contributed by atoms with van der Waals surface area (Å²) >= 11 is 0. The number of nitrogens with zero attached hydrogens (tertiary/aromatic N) is 4. The summed E-state index contributed by atoms with van der Waals surface area (Å²) in [6, 6.07) is 4.75. The Morgan fingerprint density at radius 3 is 2.82 bits per heavy atom. The predicted octanol–water partition coefficient (Wildman–Crippen LogP) is 2.98. The van der Waals surface area contributed by atoms with E-state index in [9.17, 15) is 4.79 Å². The van der Waals surface area contributed by atoms with E-state index < -0.39 is 0 Å². The number of nitrogens with one attached hydrogen (secondary N) is 1. The van der Waals surface area contributed by atoms with Crippen molar-refractivity contribution in [2.45, 2.75) is 45.3 Å². The highest BCUT2D eigenvalue weighted by Crippen LogP contribution is 2.38. The lowest BCUT2D eigenvalue weighted by Gasteiger charge is -2.20. The Labute approximate surface area is 163 Å². The van der Waals surface area contributed by atoms with Gasteiger partial charge in [-0.15, -0.1) is 0 Å². The lowest BCUT2D eigenvalue weighted by atomic mass is 10.0. The molecule has 1 saturated heterocycles. The molecular weight excluding hydrogens is 354 g/mol. The molecule has 146 valence electrons. The molecule has 3 heterocycles. The molecule has 2 aromatic heterocycles. The number of hydrogen-bond acceptors (Lipinski definition) is 4. The first-order chi connectivity index (χ1) is 13.5. The van der Waals surface area contributed by atoms with Gasteiger partial charge >= 0.3 is 0 Å². The Balaban J connectivity index is 1.54. The summed E-state index contributed by atoms with van der Waals surface area (Å²) in [7, 11) is 1.95. The van der Waals surface area contributed by atoms with Crippen LogP contribution in [0.2, 0.25) is 0 Å². The molecule has 0 bridgehead atoms. The van der Waals surface area contributed by atoms with Crippen molar-refractivity contribution in [3.63, 3.8) is 0 Å². The Morgan fingerprint density at radius 2 is 2.11 bits per heavy atom. The summed E-state index contributed by atoms with van der Waals surface area (Å²) < 4.78 is 10.4. The summed E-state index contributed by atoms with van der Waals surface area (Å²) in [5.41, 5.74) is 4.12. The van der Waals surface area contributed by atoms with E-state index in [-0.39, 0.29) is 17.9 Å². The maximum Gasteiger partial charge on any atom is 0.220 e. The topological polar surface area (TPSA) is 74.0 Å². The van der Waals surface area contributed by atoms with Gasteiger partial charge in [0.25, 0.3) is 0 Å². The van der Waals surface area contributed by atoms with Crippen molar-refractivity contribution < 1.29 is 9.53 Å². The molecule has 1 aliphatic heterocycles. The summed E-state index contributed by atoms with van der Waals surface area (Å²) in [5, 5.41) is 13.1. The molecule has 7 nitrogen and oxygen atoms in total. The number of hydrogen-bond donors (Lipinski definition) is 1. The lowest BCUT2D eigenvalue weighted by Crippen LogP contribution is -2.25. The van der Waals surface area contributed by atoms with Gasteiger partial charge in [0.05, 0.1) is 23.1 Å². The Hall–Kier alpha value is -2.83. The number of aromatic nitrogens is 4. The quantitative estimate of drug-likeness (QED) is 0.740. The van der Waals surface area contributed by atoms with E-state index in [2.05, 4.69) is 45.4 Å². The molecule has 0 radical (unpaired) electrons. The van der Waals surface area contributed by atoms with E-state index in [1.54, 1.807) is 0 Å². The van der Waals surface area contributed by atoms with Crippen LogP contribution >= 0.6 is 0 Å². The molecular formula is C21H25N5O2. The molecule has 3 aromatic rings. The molecule has 1 aromatic carbocycles. The number of rotatable bonds is 5. The van der Waals surface area contributed by atoms with E-state index in [4.69, 9.17) is 4.74 Å². The maximum atomic E-state index is 11.6. The maximum absolute atomic E-state index is 11.6. The molecule has 7 heteroatoms. The van der Waals surface area contributed by atoms with Crippen LogP contribution in [-0.4, -0.2) is 38.1 Å². The third-order valence-electron chi connectivity index (χ3n) is 6.03. The highest BCUT2D eigenvalue weighted by molar-refractivity contribution is 5.92. The van der Waals surface area contributed by atoms with Gasteiger partial charge in [0.2, 0.25) is 5.91 Å². The number of aryl methyl sites for hydroxylation is 2. The van der Waals surface area contributed by atoms with Crippen molar-refractivity contribution in [1.82, 2.24) is 24.9 Å². The van der Waals surface area contributed by atoms with E-state index in [1.165, 1.54) is 12.8 Å². The molecule has 2 fully saturated rings. The van der Waals surface area contributed by atoms with Crippen molar-refractivity contribution in [2.24, 2.45) is 13.0 Å². The van der Waals surface area contributed by atoms with E-state index in [0.717, 1.165) is 33.5 Å². The van der Waals surface area contributed by atoms with Gasteiger partial charge in [-0.05, 0) is 44.4 Å². The Morgan fingerprint density at radius 1 is 1.29 bits per heavy atom. The second-order valence-electron chi connectivity index (χ2n) is 8.11. The monoisotopic (exact) mass is 379 g/mol. The largest absolute Gasteiger partial charge is 0.490 e. The van der Waals surface area contributed by atoms with E-state index in [0.29, 0.717) is 19.0 Å². The van der Waals surface area contributed by atoms with Gasteiger partial charge in [-0.1, -0.05) is 0 Å². The molecule has 2 atom stereocenters. The van der Waals surface area contributed by atoms with Gasteiger partial charge in [0.1, 0.15) is 11.9 Å². The van der Waals surface area contributed by atoms with E-state index in [1.807, 2.05) is 24.9 Å². The number of carbonyl (C=O) groups is 1. The minimum atomic E-state index is -0.0637. The number of fused-ring (bicyclic) bond motifs is 1. The predicted molar refractivity (Wildman–Crippen MR) is 106 cm³/mol. The van der Waals surface area contributed by atoms with Crippen molar-refractivity contribution in [1.29, 1.82) is 0 Å². The fourth-order valence-corrected chi connectivity index (χ4v) is 3.98. The van der Waals surface area contributed by atoms with E-state index >= 15 is 0 Å². The zero-order chi connectivity index (χ0) is 19.4. The fourth-order valence-electron chi connectivity index (χ4n) is 3.98. The minimum Gasteiger partial charge on any atom is -0.490 e. The fraction of sp³-hybridized carbons (Fsp3) is 0.476. The first-order valence-corrected chi connectivity index (χ1v) is 9.95. The molecule has 0 unspecified atom stereocenters. The summed E-state index contributed by atoms with van der Waals surface area (Å²) in [4.78, 5) is 11.6. The summed E-state index contributed by atoms with van der Waals surface area (Å²) in [6.45, 7) is 4.77. The average Bonchev–Trinajstić information content (AvgIpc) is 3.09. The molecule has 1 aliphatic carbocycles. The normalized spacial score (nSPS) is 20.5. The van der Waals surface area contributed by atoms with Crippen LogP contribution in [0, 0.1) is 12.8 Å². The number of amides is 1. The van der Waals surface area contributed by atoms with Gasteiger partial charge in [0, 0.05) is 43.4 Å². The van der Waals surface area contributed by atoms with Crippen LogP contribution in [0.3, 0.4) is 0 Å². The Bertz CT molecular complexity index is 1060. The van der Waals surface area contributed by atoms with Gasteiger partial charge < -0.3 is 10.1 Å². The van der Waals surface area contributed by atoms with Crippen LogP contribution in [0.4, 0.5) is 0 Å². The van der Waals surface area contributed by atoms with Gasteiger partial charge in [0.15, 0.2) is 0 Å². The van der Waals surface area contributed by atoms with Crippen LogP contribution < -0.4 is 10.1 Å². The van der Waals surface area contributed by atoms with Crippen LogP contribution in [0.15, 0.2) is 24.5 Å².